The van der Waals surface area contributed by atoms with E-state index in [9.17, 15) is 0 Å². The summed E-state index contributed by atoms with van der Waals surface area (Å²) < 4.78 is 12.8. The van der Waals surface area contributed by atoms with Gasteiger partial charge in [0.05, 0.1) is 0 Å². The smallest absolute Gasteiger partial charge is 0.227 e. The third kappa shape index (κ3) is 6.10. The highest BCUT2D eigenvalue weighted by atomic mass is 16.3. The molecule has 0 saturated heterocycles. The fourth-order valence-electron chi connectivity index (χ4n) is 7.66. The number of rotatable bonds is 7. The lowest BCUT2D eigenvalue weighted by molar-refractivity contribution is 0.620. The summed E-state index contributed by atoms with van der Waals surface area (Å²) in [5.41, 5.74) is 13.4. The summed E-state index contributed by atoms with van der Waals surface area (Å²) in [6.07, 6.45) is 0. The lowest BCUT2D eigenvalue weighted by Crippen LogP contribution is -2.00. The Bertz CT molecular complexity index is 3210. The minimum Gasteiger partial charge on any atom is -0.456 e. The monoisotopic (exact) mass is 744 g/mol. The molecule has 6 heteroatoms. The van der Waals surface area contributed by atoms with Crippen molar-refractivity contribution in [2.45, 2.75) is 0 Å². The van der Waals surface area contributed by atoms with Gasteiger partial charge in [0.2, 0.25) is 5.89 Å². The van der Waals surface area contributed by atoms with E-state index in [0.717, 1.165) is 77.5 Å². The van der Waals surface area contributed by atoms with Crippen LogP contribution < -0.4 is 0 Å². The molecule has 3 heterocycles. The summed E-state index contributed by atoms with van der Waals surface area (Å²) in [4.78, 5) is 19.8. The van der Waals surface area contributed by atoms with Crippen LogP contribution in [-0.2, 0) is 0 Å². The average molecular weight is 745 g/mol. The summed E-state index contributed by atoms with van der Waals surface area (Å²) in [5.74, 6) is 2.38. The molecule has 0 saturated carbocycles. The Morgan fingerprint density at radius 2 is 0.810 bits per heavy atom. The molecule has 6 nitrogen and oxygen atoms in total. The predicted octanol–water partition coefficient (Wildman–Crippen LogP) is 13.6. The number of hydrogen-bond donors (Lipinski definition) is 0. The Labute approximate surface area is 333 Å². The fourth-order valence-corrected chi connectivity index (χ4v) is 7.66. The van der Waals surface area contributed by atoms with Gasteiger partial charge in [-0.2, -0.15) is 0 Å². The van der Waals surface area contributed by atoms with Gasteiger partial charge in [0.15, 0.2) is 23.1 Å². The van der Waals surface area contributed by atoms with Gasteiger partial charge in [-0.25, -0.2) is 19.9 Å². The predicted molar refractivity (Wildman–Crippen MR) is 233 cm³/mol. The van der Waals surface area contributed by atoms with Gasteiger partial charge >= 0.3 is 0 Å². The number of aromatic nitrogens is 4. The van der Waals surface area contributed by atoms with Gasteiger partial charge in [-0.3, -0.25) is 0 Å². The number of hydrogen-bond acceptors (Lipinski definition) is 6. The maximum Gasteiger partial charge on any atom is 0.227 e. The molecule has 0 aliphatic rings. The highest BCUT2D eigenvalue weighted by molar-refractivity contribution is 6.13. The molecule has 0 unspecified atom stereocenters. The standard InChI is InChI=1S/C52H32N4O2/c1-4-12-33(13-5-1)38-18-10-19-39(30-38)34-22-24-37(25-23-34)52-53-44-28-26-41(32-47(44)58-52)40-27-29-45-43(31-40)48-42(20-11-21-46(48)57-45)51-55-49(35-14-6-2-7-15-35)54-50(56-51)36-16-8-3-9-17-36/h1-32H. The molecule has 58 heavy (non-hydrogen) atoms. The van der Waals surface area contributed by atoms with E-state index in [1.54, 1.807) is 0 Å². The van der Waals surface area contributed by atoms with Crippen molar-refractivity contribution in [3.8, 4) is 79.0 Å². The molecule has 3 aromatic heterocycles. The third-order valence-corrected chi connectivity index (χ3v) is 10.6. The van der Waals surface area contributed by atoms with Crippen LogP contribution in [0.4, 0.5) is 0 Å². The van der Waals surface area contributed by atoms with Crippen LogP contribution in [0.15, 0.2) is 203 Å². The Morgan fingerprint density at radius 3 is 1.50 bits per heavy atom. The SMILES string of the molecule is c1ccc(-c2cccc(-c3ccc(-c4nc5ccc(-c6ccc7oc8cccc(-c9nc(-c%10ccccc%10)nc(-c%10ccccc%10)n9)c8c7c6)cc5o4)cc3)c2)cc1. The zero-order chi connectivity index (χ0) is 38.4. The first-order valence-electron chi connectivity index (χ1n) is 19.2. The van der Waals surface area contributed by atoms with E-state index in [-0.39, 0.29) is 0 Å². The van der Waals surface area contributed by atoms with Crippen molar-refractivity contribution >= 4 is 33.0 Å². The molecular formula is C52H32N4O2. The second-order valence-corrected chi connectivity index (χ2v) is 14.3. The molecule has 0 atom stereocenters. The Balaban J connectivity index is 0.947. The summed E-state index contributed by atoms with van der Waals surface area (Å²) in [5, 5.41) is 1.92. The van der Waals surface area contributed by atoms with Crippen molar-refractivity contribution in [1.29, 1.82) is 0 Å². The van der Waals surface area contributed by atoms with E-state index in [4.69, 9.17) is 28.8 Å². The molecular weight excluding hydrogens is 713 g/mol. The van der Waals surface area contributed by atoms with Crippen LogP contribution in [0, 0.1) is 0 Å². The van der Waals surface area contributed by atoms with Gasteiger partial charge in [-0.05, 0) is 81.9 Å². The average Bonchev–Trinajstić information content (AvgIpc) is 3.91. The van der Waals surface area contributed by atoms with Crippen LogP contribution in [0.1, 0.15) is 0 Å². The maximum atomic E-state index is 6.42. The van der Waals surface area contributed by atoms with Crippen LogP contribution in [0.5, 0.6) is 0 Å². The van der Waals surface area contributed by atoms with Gasteiger partial charge in [-0.1, -0.05) is 146 Å². The summed E-state index contributed by atoms with van der Waals surface area (Å²) in [7, 11) is 0. The van der Waals surface area contributed by atoms with E-state index in [0.29, 0.717) is 23.4 Å². The summed E-state index contributed by atoms with van der Waals surface area (Å²) in [6.45, 7) is 0. The maximum absolute atomic E-state index is 6.42. The van der Waals surface area contributed by atoms with Crippen molar-refractivity contribution < 1.29 is 8.83 Å². The first-order valence-corrected chi connectivity index (χ1v) is 19.2. The zero-order valence-electron chi connectivity index (χ0n) is 31.1. The van der Waals surface area contributed by atoms with Gasteiger partial charge < -0.3 is 8.83 Å². The van der Waals surface area contributed by atoms with Crippen molar-refractivity contribution in [2.75, 3.05) is 0 Å². The molecule has 11 rings (SSSR count). The summed E-state index contributed by atoms with van der Waals surface area (Å²) >= 11 is 0. The quantitative estimate of drug-likeness (QED) is 0.162. The number of furan rings is 1. The Hall–Kier alpha value is -7.96. The van der Waals surface area contributed by atoms with E-state index in [2.05, 4.69) is 103 Å². The van der Waals surface area contributed by atoms with Crippen molar-refractivity contribution in [2.24, 2.45) is 0 Å². The first-order chi connectivity index (χ1) is 28.7. The normalized spacial score (nSPS) is 11.4. The molecule has 272 valence electrons. The second kappa shape index (κ2) is 14.0. The molecule has 0 aliphatic heterocycles. The Morgan fingerprint density at radius 1 is 0.293 bits per heavy atom. The van der Waals surface area contributed by atoms with Crippen LogP contribution in [0.25, 0.3) is 112 Å². The van der Waals surface area contributed by atoms with Gasteiger partial charge in [0.1, 0.15) is 16.7 Å². The van der Waals surface area contributed by atoms with E-state index in [1.807, 2.05) is 91.0 Å². The van der Waals surface area contributed by atoms with Crippen molar-refractivity contribution in [3.63, 3.8) is 0 Å². The second-order valence-electron chi connectivity index (χ2n) is 14.3. The van der Waals surface area contributed by atoms with Crippen LogP contribution in [0.3, 0.4) is 0 Å². The van der Waals surface area contributed by atoms with Gasteiger partial charge in [0, 0.05) is 33.0 Å². The lowest BCUT2D eigenvalue weighted by Gasteiger charge is -2.09. The molecule has 0 radical (unpaired) electrons. The topological polar surface area (TPSA) is 77.8 Å². The van der Waals surface area contributed by atoms with Crippen LogP contribution in [0.2, 0.25) is 0 Å². The minimum absolute atomic E-state index is 0.579. The summed E-state index contributed by atoms with van der Waals surface area (Å²) in [6, 6.07) is 66.0. The lowest BCUT2D eigenvalue weighted by atomic mass is 9.98. The first kappa shape index (κ1) is 33.4. The van der Waals surface area contributed by atoms with Crippen LogP contribution in [-0.4, -0.2) is 19.9 Å². The molecule has 0 aliphatic carbocycles. The number of nitrogens with zero attached hydrogens (tertiary/aromatic N) is 4. The van der Waals surface area contributed by atoms with Crippen molar-refractivity contribution in [3.05, 3.63) is 194 Å². The number of benzene rings is 8. The molecule has 0 spiro atoms. The van der Waals surface area contributed by atoms with E-state index < -0.39 is 0 Å². The van der Waals surface area contributed by atoms with Crippen LogP contribution >= 0.6 is 0 Å². The van der Waals surface area contributed by atoms with E-state index >= 15 is 0 Å². The molecule has 0 bridgehead atoms. The largest absolute Gasteiger partial charge is 0.456 e. The minimum atomic E-state index is 0.579. The van der Waals surface area contributed by atoms with E-state index in [1.165, 1.54) is 11.1 Å². The molecule has 8 aromatic carbocycles. The molecule has 0 amide bonds. The Kier molecular flexibility index (Phi) is 8.04. The fraction of sp³-hybridized carbons (Fsp3) is 0. The number of oxazole rings is 1. The molecule has 11 aromatic rings. The van der Waals surface area contributed by atoms with Crippen molar-refractivity contribution in [1.82, 2.24) is 19.9 Å². The zero-order valence-corrected chi connectivity index (χ0v) is 31.1. The molecule has 0 N–H and O–H groups in total. The highest BCUT2D eigenvalue weighted by Crippen LogP contribution is 2.39. The highest BCUT2D eigenvalue weighted by Gasteiger charge is 2.19. The van der Waals surface area contributed by atoms with Gasteiger partial charge in [0.25, 0.3) is 0 Å². The van der Waals surface area contributed by atoms with Gasteiger partial charge in [-0.15, -0.1) is 0 Å². The number of fused-ring (bicyclic) bond motifs is 4. The third-order valence-electron chi connectivity index (χ3n) is 10.6. The molecule has 0 fully saturated rings.